The van der Waals surface area contributed by atoms with Crippen LogP contribution in [0.4, 0.5) is 23.7 Å². The third kappa shape index (κ3) is 3.97. The maximum Gasteiger partial charge on any atom is 0.417 e. The summed E-state index contributed by atoms with van der Waals surface area (Å²) in [5.74, 6) is 0. The Morgan fingerprint density at radius 1 is 1.18 bits per heavy atom. The summed E-state index contributed by atoms with van der Waals surface area (Å²) in [4.78, 5) is 25.5. The predicted molar refractivity (Wildman–Crippen MR) is 93.9 cm³/mol. The van der Waals surface area contributed by atoms with E-state index in [1.54, 1.807) is 30.3 Å². The third-order valence-electron chi connectivity index (χ3n) is 4.28. The van der Waals surface area contributed by atoms with Crippen LogP contribution in [0.25, 0.3) is 0 Å². The van der Waals surface area contributed by atoms with Crippen LogP contribution in [0.5, 0.6) is 0 Å². The van der Waals surface area contributed by atoms with Crippen molar-refractivity contribution in [3.05, 3.63) is 65.2 Å². The number of halogens is 3. The van der Waals surface area contributed by atoms with Crippen LogP contribution in [0.2, 0.25) is 0 Å². The zero-order valence-corrected chi connectivity index (χ0v) is 14.9. The Balaban J connectivity index is 2.44. The van der Waals surface area contributed by atoms with E-state index in [1.165, 1.54) is 20.0 Å². The maximum atomic E-state index is 13.2. The van der Waals surface area contributed by atoms with Crippen LogP contribution in [0.1, 0.15) is 23.6 Å². The van der Waals surface area contributed by atoms with Gasteiger partial charge in [-0.05, 0) is 25.1 Å². The number of carbonyl (C=O) groups excluding carboxylic acids is 2. The summed E-state index contributed by atoms with van der Waals surface area (Å²) in [6, 6.07) is 10.9. The van der Waals surface area contributed by atoms with E-state index in [-0.39, 0.29) is 12.1 Å². The van der Waals surface area contributed by atoms with E-state index in [0.29, 0.717) is 16.5 Å². The molecule has 0 spiro atoms. The molecule has 28 heavy (non-hydrogen) atoms. The number of nitriles is 1. The van der Waals surface area contributed by atoms with Gasteiger partial charge in [0.05, 0.1) is 22.9 Å². The fraction of sp³-hybridized carbons (Fsp3) is 0.211. The normalized spacial score (nSPS) is 13.2. The van der Waals surface area contributed by atoms with Gasteiger partial charge in [0, 0.05) is 12.6 Å². The summed E-state index contributed by atoms with van der Waals surface area (Å²) in [6.07, 6.45) is -4.80. The molecule has 0 bridgehead atoms. The van der Waals surface area contributed by atoms with E-state index in [2.05, 4.69) is 0 Å². The van der Waals surface area contributed by atoms with Gasteiger partial charge >= 0.3 is 12.2 Å². The standard InChI is InChI=1S/C19H16F3N3O3/c1-18(28,14-6-4-3-5-7-14)24(2)17(27)25(12-26)15-9-8-13(11-23)16(10-15)19(20,21)22/h3-10,12,28H,1-2H3. The van der Waals surface area contributed by atoms with Crippen molar-refractivity contribution < 1.29 is 27.9 Å². The van der Waals surface area contributed by atoms with Crippen LogP contribution in [0.15, 0.2) is 48.5 Å². The van der Waals surface area contributed by atoms with Gasteiger partial charge in [0.25, 0.3) is 0 Å². The van der Waals surface area contributed by atoms with Crippen molar-refractivity contribution in [2.24, 2.45) is 0 Å². The number of urea groups is 1. The molecule has 2 aromatic rings. The molecule has 1 atom stereocenters. The Hall–Kier alpha value is -3.38. The van der Waals surface area contributed by atoms with Gasteiger partial charge in [-0.15, -0.1) is 0 Å². The van der Waals surface area contributed by atoms with E-state index < -0.39 is 29.1 Å². The second-order valence-corrected chi connectivity index (χ2v) is 6.04. The average molecular weight is 391 g/mol. The van der Waals surface area contributed by atoms with E-state index >= 15 is 0 Å². The molecule has 0 saturated carbocycles. The van der Waals surface area contributed by atoms with Crippen LogP contribution in [0, 0.1) is 11.3 Å². The van der Waals surface area contributed by atoms with Crippen molar-refractivity contribution in [2.75, 3.05) is 11.9 Å². The summed E-state index contributed by atoms with van der Waals surface area (Å²) in [5, 5.41) is 19.6. The van der Waals surface area contributed by atoms with Crippen LogP contribution in [-0.4, -0.2) is 29.5 Å². The summed E-state index contributed by atoms with van der Waals surface area (Å²) < 4.78 is 39.5. The largest absolute Gasteiger partial charge is 0.417 e. The third-order valence-corrected chi connectivity index (χ3v) is 4.28. The topological polar surface area (TPSA) is 84.6 Å². The zero-order valence-electron chi connectivity index (χ0n) is 14.9. The minimum absolute atomic E-state index is 0.0431. The number of rotatable bonds is 4. The van der Waals surface area contributed by atoms with Crippen LogP contribution < -0.4 is 4.90 Å². The first-order valence-electron chi connectivity index (χ1n) is 7.95. The number of aliphatic hydroxyl groups is 1. The van der Waals surface area contributed by atoms with Crippen molar-refractivity contribution in [1.29, 1.82) is 5.26 Å². The first-order chi connectivity index (χ1) is 13.0. The lowest BCUT2D eigenvalue weighted by atomic mass is 10.0. The second kappa shape index (κ2) is 7.70. The van der Waals surface area contributed by atoms with Crippen molar-refractivity contribution in [1.82, 2.24) is 4.90 Å². The Bertz CT molecular complexity index is 922. The molecular weight excluding hydrogens is 375 g/mol. The molecule has 0 saturated heterocycles. The van der Waals surface area contributed by atoms with Gasteiger partial charge in [0.2, 0.25) is 6.41 Å². The van der Waals surface area contributed by atoms with Crippen molar-refractivity contribution >= 4 is 18.1 Å². The van der Waals surface area contributed by atoms with E-state index in [1.807, 2.05) is 0 Å². The van der Waals surface area contributed by atoms with E-state index in [4.69, 9.17) is 5.26 Å². The number of imide groups is 1. The highest BCUT2D eigenvalue weighted by Gasteiger charge is 2.37. The molecule has 0 aromatic heterocycles. The Morgan fingerprint density at radius 2 is 1.79 bits per heavy atom. The quantitative estimate of drug-likeness (QED) is 0.639. The highest BCUT2D eigenvalue weighted by atomic mass is 19.4. The van der Waals surface area contributed by atoms with Gasteiger partial charge in [0.15, 0.2) is 5.72 Å². The van der Waals surface area contributed by atoms with Crippen LogP contribution >= 0.6 is 0 Å². The number of hydrogen-bond acceptors (Lipinski definition) is 4. The van der Waals surface area contributed by atoms with E-state index in [0.717, 1.165) is 17.0 Å². The van der Waals surface area contributed by atoms with Crippen molar-refractivity contribution in [3.63, 3.8) is 0 Å². The predicted octanol–water partition coefficient (Wildman–Crippen LogP) is 3.46. The molecule has 0 aliphatic carbocycles. The summed E-state index contributed by atoms with van der Waals surface area (Å²) >= 11 is 0. The minimum atomic E-state index is -4.85. The van der Waals surface area contributed by atoms with Crippen LogP contribution in [0.3, 0.4) is 0 Å². The lowest BCUT2D eigenvalue weighted by Gasteiger charge is -2.36. The number of amides is 3. The molecule has 146 valence electrons. The maximum absolute atomic E-state index is 13.2. The molecule has 0 fully saturated rings. The number of carbonyl (C=O) groups is 2. The van der Waals surface area contributed by atoms with E-state index in [9.17, 15) is 27.9 Å². The molecule has 0 radical (unpaired) electrons. The Labute approximate surface area is 159 Å². The molecule has 9 heteroatoms. The van der Waals surface area contributed by atoms with Gasteiger partial charge in [-0.1, -0.05) is 30.3 Å². The van der Waals surface area contributed by atoms with Gasteiger partial charge in [-0.3, -0.25) is 9.69 Å². The zero-order chi connectivity index (χ0) is 21.1. The molecule has 3 amide bonds. The number of alkyl halides is 3. The molecule has 1 N–H and O–H groups in total. The molecule has 1 unspecified atom stereocenters. The Morgan fingerprint density at radius 3 is 2.29 bits per heavy atom. The monoisotopic (exact) mass is 391 g/mol. The van der Waals surface area contributed by atoms with Gasteiger partial charge in [0.1, 0.15) is 0 Å². The molecule has 0 heterocycles. The number of benzene rings is 2. The van der Waals surface area contributed by atoms with Crippen molar-refractivity contribution in [2.45, 2.75) is 18.8 Å². The number of hydrogen-bond donors (Lipinski definition) is 1. The fourth-order valence-corrected chi connectivity index (χ4v) is 2.53. The van der Waals surface area contributed by atoms with Crippen LogP contribution in [-0.2, 0) is 16.7 Å². The molecule has 0 aliphatic heterocycles. The molecule has 0 aliphatic rings. The SMILES string of the molecule is CN(C(=O)N(C=O)c1ccc(C#N)c(C(F)(F)F)c1)C(C)(O)c1ccccc1. The number of anilines is 1. The average Bonchev–Trinajstić information content (AvgIpc) is 2.67. The molecular formula is C19H16F3N3O3. The van der Waals surface area contributed by atoms with Gasteiger partial charge in [-0.2, -0.15) is 18.4 Å². The molecule has 2 aromatic carbocycles. The summed E-state index contributed by atoms with van der Waals surface area (Å²) in [5.41, 5.74) is -3.79. The summed E-state index contributed by atoms with van der Waals surface area (Å²) in [6.45, 7) is 1.31. The second-order valence-electron chi connectivity index (χ2n) is 6.04. The first-order valence-corrected chi connectivity index (χ1v) is 7.95. The van der Waals surface area contributed by atoms with Crippen molar-refractivity contribution in [3.8, 4) is 6.07 Å². The fourth-order valence-electron chi connectivity index (χ4n) is 2.53. The highest BCUT2D eigenvalue weighted by molar-refractivity contribution is 6.06. The lowest BCUT2D eigenvalue weighted by Crippen LogP contribution is -2.50. The minimum Gasteiger partial charge on any atom is -0.367 e. The highest BCUT2D eigenvalue weighted by Crippen LogP contribution is 2.35. The Kier molecular flexibility index (Phi) is 5.75. The molecule has 2 rings (SSSR count). The number of nitrogens with zero attached hydrogens (tertiary/aromatic N) is 3. The first kappa shape index (κ1) is 20.9. The molecule has 6 nitrogen and oxygen atoms in total. The summed E-state index contributed by atoms with van der Waals surface area (Å²) in [7, 11) is 1.21. The smallest absolute Gasteiger partial charge is 0.367 e. The van der Waals surface area contributed by atoms with Gasteiger partial charge in [-0.25, -0.2) is 9.69 Å². The lowest BCUT2D eigenvalue weighted by molar-refractivity contribution is -0.137. The van der Waals surface area contributed by atoms with Gasteiger partial charge < -0.3 is 5.11 Å².